The van der Waals surface area contributed by atoms with Gasteiger partial charge in [0.05, 0.1) is 18.8 Å². The van der Waals surface area contributed by atoms with Crippen LogP contribution in [0.15, 0.2) is 37.0 Å². The monoisotopic (exact) mass is 320 g/mol. The highest BCUT2D eigenvalue weighted by molar-refractivity contribution is 5.04. The molecule has 0 aromatic rings. The van der Waals surface area contributed by atoms with Gasteiger partial charge in [0, 0.05) is 0 Å². The normalized spacial score (nSPS) is 35.6. The third kappa shape index (κ3) is 8.53. The van der Waals surface area contributed by atoms with Crippen LogP contribution in [0.5, 0.6) is 0 Å². The fourth-order valence-electron chi connectivity index (χ4n) is 3.49. The van der Waals surface area contributed by atoms with Gasteiger partial charge in [-0.2, -0.15) is 0 Å². The van der Waals surface area contributed by atoms with Gasteiger partial charge in [0.1, 0.15) is 0 Å². The molecule has 0 bridgehead atoms. The fourth-order valence-corrected chi connectivity index (χ4v) is 3.49. The van der Waals surface area contributed by atoms with Crippen LogP contribution in [-0.4, -0.2) is 23.9 Å². The van der Waals surface area contributed by atoms with Gasteiger partial charge in [0.15, 0.2) is 0 Å². The van der Waals surface area contributed by atoms with Crippen LogP contribution in [0.25, 0.3) is 0 Å². The van der Waals surface area contributed by atoms with E-state index in [0.29, 0.717) is 12.0 Å². The number of ether oxygens (including phenoxy) is 1. The van der Waals surface area contributed by atoms with Gasteiger partial charge >= 0.3 is 0 Å². The van der Waals surface area contributed by atoms with Crippen molar-refractivity contribution >= 4 is 0 Å². The van der Waals surface area contributed by atoms with E-state index in [2.05, 4.69) is 13.5 Å². The van der Waals surface area contributed by atoms with E-state index in [-0.39, 0.29) is 6.10 Å². The molecule has 0 spiro atoms. The van der Waals surface area contributed by atoms with Crippen molar-refractivity contribution in [2.45, 2.75) is 71.5 Å². The maximum Gasteiger partial charge on any atom is 0.0994 e. The molecule has 1 N–H and O–H groups in total. The number of rotatable bonds is 2. The highest BCUT2D eigenvalue weighted by atomic mass is 16.6. The van der Waals surface area contributed by atoms with Gasteiger partial charge in [0.2, 0.25) is 0 Å². The maximum absolute atomic E-state index is 9.82. The van der Waals surface area contributed by atoms with Gasteiger partial charge in [-0.1, -0.05) is 56.7 Å². The molecule has 132 valence electrons. The summed E-state index contributed by atoms with van der Waals surface area (Å²) in [6, 6.07) is 0. The number of epoxide rings is 1. The molecule has 23 heavy (non-hydrogen) atoms. The Labute approximate surface area is 143 Å². The molecule has 2 saturated carbocycles. The molecule has 0 aromatic carbocycles. The molecule has 3 fully saturated rings. The van der Waals surface area contributed by atoms with Crippen molar-refractivity contribution in [3.63, 3.8) is 0 Å². The summed E-state index contributed by atoms with van der Waals surface area (Å²) in [5, 5.41) is 9.82. The molecular weight excluding hydrogens is 284 g/mol. The van der Waals surface area contributed by atoms with E-state index in [1.54, 1.807) is 6.08 Å². The first-order valence-corrected chi connectivity index (χ1v) is 9.28. The second-order valence-corrected chi connectivity index (χ2v) is 7.00. The number of aliphatic hydroxyl groups excluding tert-OH is 1. The summed E-state index contributed by atoms with van der Waals surface area (Å²) in [5.74, 6) is 2.38. The Kier molecular flexibility index (Phi) is 10.2. The Morgan fingerprint density at radius 3 is 2.35 bits per heavy atom. The highest BCUT2D eigenvalue weighted by Gasteiger charge is 2.35. The summed E-state index contributed by atoms with van der Waals surface area (Å²) in [5.41, 5.74) is 0. The van der Waals surface area contributed by atoms with E-state index in [1.807, 2.05) is 38.2 Å². The van der Waals surface area contributed by atoms with Crippen molar-refractivity contribution < 1.29 is 9.84 Å². The van der Waals surface area contributed by atoms with Gasteiger partial charge in [-0.25, -0.2) is 0 Å². The first kappa shape index (κ1) is 20.2. The van der Waals surface area contributed by atoms with Crippen LogP contribution in [0, 0.1) is 17.8 Å². The summed E-state index contributed by atoms with van der Waals surface area (Å²) in [7, 11) is 0. The lowest BCUT2D eigenvalue weighted by Crippen LogP contribution is -2.36. The molecule has 0 amide bonds. The van der Waals surface area contributed by atoms with E-state index < -0.39 is 0 Å². The lowest BCUT2D eigenvalue weighted by molar-refractivity contribution is -0.00215. The van der Waals surface area contributed by atoms with Crippen molar-refractivity contribution in [2.75, 3.05) is 6.61 Å². The topological polar surface area (TPSA) is 32.8 Å². The highest BCUT2D eigenvalue weighted by Crippen LogP contribution is 2.42. The van der Waals surface area contributed by atoms with E-state index in [4.69, 9.17) is 4.74 Å². The molecular formula is C21H36O2. The zero-order valence-electron chi connectivity index (χ0n) is 15.3. The molecule has 2 nitrogen and oxygen atoms in total. The Bertz CT molecular complexity index is 364. The molecule has 0 aromatic heterocycles. The molecule has 1 saturated heterocycles. The van der Waals surface area contributed by atoms with Crippen LogP contribution >= 0.6 is 0 Å². The minimum Gasteiger partial charge on any atom is -0.393 e. The van der Waals surface area contributed by atoms with E-state index >= 15 is 0 Å². The van der Waals surface area contributed by atoms with Crippen LogP contribution in [0.3, 0.4) is 0 Å². The van der Waals surface area contributed by atoms with Crippen molar-refractivity contribution in [1.82, 2.24) is 0 Å². The van der Waals surface area contributed by atoms with Gasteiger partial charge in [-0.3, -0.25) is 0 Å². The van der Waals surface area contributed by atoms with Gasteiger partial charge in [-0.15, -0.1) is 0 Å². The lowest BCUT2D eigenvalue weighted by Gasteiger charge is -2.41. The average molecular weight is 321 g/mol. The second kappa shape index (κ2) is 11.6. The third-order valence-corrected chi connectivity index (χ3v) is 5.03. The first-order valence-electron chi connectivity index (χ1n) is 9.28. The summed E-state index contributed by atoms with van der Waals surface area (Å²) in [4.78, 5) is 0. The molecule has 2 aliphatic carbocycles. The first-order chi connectivity index (χ1) is 11.1. The van der Waals surface area contributed by atoms with Crippen molar-refractivity contribution in [3.8, 4) is 0 Å². The fraction of sp³-hybridized carbons (Fsp3) is 0.714. The van der Waals surface area contributed by atoms with Gasteiger partial charge in [-0.05, 0) is 57.3 Å². The maximum atomic E-state index is 9.82. The van der Waals surface area contributed by atoms with Crippen molar-refractivity contribution in [1.29, 1.82) is 0 Å². The number of fused-ring (bicyclic) bond motifs is 1. The number of hydrogen-bond donors (Lipinski definition) is 1. The van der Waals surface area contributed by atoms with Gasteiger partial charge in [0.25, 0.3) is 0 Å². The van der Waals surface area contributed by atoms with Crippen LogP contribution in [0.4, 0.5) is 0 Å². The molecule has 3 rings (SSSR count). The quantitative estimate of drug-likeness (QED) is 0.426. The van der Waals surface area contributed by atoms with Crippen molar-refractivity contribution in [2.24, 2.45) is 17.8 Å². The predicted octanol–water partition coefficient (Wildman–Crippen LogP) is 5.29. The Hall–Kier alpha value is -0.860. The summed E-state index contributed by atoms with van der Waals surface area (Å²) >= 11 is 0. The zero-order chi connectivity index (χ0) is 17.1. The van der Waals surface area contributed by atoms with Crippen LogP contribution < -0.4 is 0 Å². The van der Waals surface area contributed by atoms with Crippen molar-refractivity contribution in [3.05, 3.63) is 37.0 Å². The van der Waals surface area contributed by atoms with E-state index in [0.717, 1.165) is 24.9 Å². The molecule has 3 aliphatic rings. The van der Waals surface area contributed by atoms with E-state index in [1.165, 1.54) is 32.1 Å². The van der Waals surface area contributed by atoms with Crippen LogP contribution in [0.1, 0.15) is 59.3 Å². The molecule has 1 aliphatic heterocycles. The molecule has 3 unspecified atom stereocenters. The lowest BCUT2D eigenvalue weighted by atomic mass is 9.67. The molecule has 2 heteroatoms. The van der Waals surface area contributed by atoms with E-state index in [9.17, 15) is 5.11 Å². The Balaban J connectivity index is 0.000000204. The third-order valence-electron chi connectivity index (χ3n) is 5.03. The standard InChI is InChI=1S/C11H20O.C6H8O.C4H8/c1-8-5-6-9-3-2-4-11(12)10(9)7-8;1-2-3-4-6-5-7-6;1-3-4-2/h8-12H,2-7H2,1H3;2-4,6H,1,5H2;3-4H,1-2H3/b;2*4-3+/t8?,9-,10+,11?;;/m0../s1. The summed E-state index contributed by atoms with van der Waals surface area (Å²) in [6.45, 7) is 10.7. The van der Waals surface area contributed by atoms with Crippen LogP contribution in [0.2, 0.25) is 0 Å². The molecule has 0 radical (unpaired) electrons. The largest absolute Gasteiger partial charge is 0.393 e. The minimum atomic E-state index is 0.0338. The second-order valence-electron chi connectivity index (χ2n) is 7.00. The Morgan fingerprint density at radius 2 is 1.78 bits per heavy atom. The summed E-state index contributed by atoms with van der Waals surface area (Å²) < 4.78 is 4.88. The molecule has 5 atom stereocenters. The number of hydrogen-bond acceptors (Lipinski definition) is 2. The zero-order valence-corrected chi connectivity index (χ0v) is 15.3. The summed E-state index contributed by atoms with van der Waals surface area (Å²) in [6.07, 6.45) is 17.8. The minimum absolute atomic E-state index is 0.0338. The number of aliphatic hydroxyl groups is 1. The predicted molar refractivity (Wildman–Crippen MR) is 99.4 cm³/mol. The molecule has 1 heterocycles. The average Bonchev–Trinajstić information content (AvgIpc) is 3.39. The smallest absolute Gasteiger partial charge is 0.0994 e. The Morgan fingerprint density at radius 1 is 1.09 bits per heavy atom. The van der Waals surface area contributed by atoms with Gasteiger partial charge < -0.3 is 9.84 Å². The number of allylic oxidation sites excluding steroid dienone is 4. The van der Waals surface area contributed by atoms with Crippen LogP contribution in [-0.2, 0) is 4.74 Å². The SMILES string of the molecule is C/C=C/C.C=C/C=C/C1CO1.CC1CC[C@@H]2CCCC(O)[C@@H]2C1.